The van der Waals surface area contributed by atoms with Crippen LogP contribution in [0.5, 0.6) is 11.5 Å². The van der Waals surface area contributed by atoms with Gasteiger partial charge in [0.25, 0.3) is 0 Å². The third-order valence-corrected chi connectivity index (χ3v) is 8.35. The van der Waals surface area contributed by atoms with Gasteiger partial charge in [0.1, 0.15) is 17.3 Å². The van der Waals surface area contributed by atoms with Gasteiger partial charge in [-0.05, 0) is 74.7 Å². The van der Waals surface area contributed by atoms with Gasteiger partial charge >= 0.3 is 6.03 Å². The van der Waals surface area contributed by atoms with E-state index in [0.29, 0.717) is 28.6 Å². The van der Waals surface area contributed by atoms with E-state index >= 15 is 0 Å². The number of amides is 2. The highest BCUT2D eigenvalue weighted by atomic mass is 16.5. The number of aryl methyl sites for hydroxylation is 1. The normalized spacial score (nSPS) is 14.4. The molecule has 1 aliphatic heterocycles. The van der Waals surface area contributed by atoms with Crippen molar-refractivity contribution < 1.29 is 19.1 Å². The molecule has 9 heteroatoms. The summed E-state index contributed by atoms with van der Waals surface area (Å²) in [6, 6.07) is 22.3. The number of urea groups is 1. The lowest BCUT2D eigenvalue weighted by Gasteiger charge is -2.31. The van der Waals surface area contributed by atoms with Crippen molar-refractivity contribution in [1.29, 1.82) is 0 Å². The number of ketones is 1. The van der Waals surface area contributed by atoms with Crippen molar-refractivity contribution >= 4 is 23.3 Å². The van der Waals surface area contributed by atoms with E-state index in [9.17, 15) is 9.59 Å². The molecule has 4 aromatic rings. The summed E-state index contributed by atoms with van der Waals surface area (Å²) < 4.78 is 12.7. The van der Waals surface area contributed by atoms with Crippen LogP contribution in [0.3, 0.4) is 0 Å². The number of carbonyl (C=O) groups is 2. The van der Waals surface area contributed by atoms with E-state index in [0.717, 1.165) is 48.4 Å². The molecular weight excluding hydrogens is 566 g/mol. The summed E-state index contributed by atoms with van der Waals surface area (Å²) in [7, 11) is 3.13. The van der Waals surface area contributed by atoms with Crippen LogP contribution in [0.4, 0.5) is 16.3 Å². The second kappa shape index (κ2) is 13.6. The van der Waals surface area contributed by atoms with Gasteiger partial charge in [0.15, 0.2) is 5.78 Å². The zero-order valence-electron chi connectivity index (χ0n) is 26.9. The molecule has 1 aromatic heterocycles. The number of Topliss-reactive ketones (excluding diaryl/α,β-unsaturated/α-hetero) is 1. The fourth-order valence-electron chi connectivity index (χ4n) is 5.83. The van der Waals surface area contributed by atoms with Gasteiger partial charge < -0.3 is 20.1 Å². The molecule has 1 fully saturated rings. The number of rotatable bonds is 9. The second-order valence-electron chi connectivity index (χ2n) is 12.6. The van der Waals surface area contributed by atoms with Gasteiger partial charge in [-0.2, -0.15) is 5.10 Å². The molecule has 0 bridgehead atoms. The molecule has 1 atom stereocenters. The molecular formula is C36H43N5O4. The predicted octanol–water partition coefficient (Wildman–Crippen LogP) is 7.11. The lowest BCUT2D eigenvalue weighted by atomic mass is 9.75. The number of benzene rings is 3. The molecule has 0 radical (unpaired) electrons. The van der Waals surface area contributed by atoms with Crippen LogP contribution >= 0.6 is 0 Å². The maximum absolute atomic E-state index is 14.4. The topological polar surface area (TPSA) is 107 Å². The van der Waals surface area contributed by atoms with Crippen LogP contribution in [0.2, 0.25) is 0 Å². The molecule has 3 aromatic carbocycles. The number of carbonyl (C=O) groups excluding carboxylic acids is 2. The third-order valence-electron chi connectivity index (χ3n) is 8.35. The van der Waals surface area contributed by atoms with Crippen LogP contribution < -0.4 is 25.4 Å². The molecule has 1 aliphatic rings. The Balaban J connectivity index is 1.48. The maximum Gasteiger partial charge on any atom is 0.324 e. The minimum Gasteiger partial charge on any atom is -0.497 e. The van der Waals surface area contributed by atoms with Crippen molar-refractivity contribution in [3.8, 4) is 17.2 Å². The number of methoxy groups -OCH3 is 2. The maximum atomic E-state index is 14.4. The Labute approximate surface area is 265 Å². The summed E-state index contributed by atoms with van der Waals surface area (Å²) in [6.07, 6.45) is 1.67. The quantitative estimate of drug-likeness (QED) is 0.175. The predicted molar refractivity (Wildman–Crippen MR) is 178 cm³/mol. The lowest BCUT2D eigenvalue weighted by molar-refractivity contribution is 0.0913. The van der Waals surface area contributed by atoms with Gasteiger partial charge in [-0.25, -0.2) is 9.48 Å². The van der Waals surface area contributed by atoms with Crippen LogP contribution in [0.1, 0.15) is 66.7 Å². The van der Waals surface area contributed by atoms with Crippen LogP contribution in [0.25, 0.3) is 5.69 Å². The molecule has 9 nitrogen and oxygen atoms in total. The minimum absolute atomic E-state index is 0.0525. The van der Waals surface area contributed by atoms with Crippen LogP contribution in [0.15, 0.2) is 72.8 Å². The van der Waals surface area contributed by atoms with E-state index in [1.54, 1.807) is 37.1 Å². The Morgan fingerprint density at radius 3 is 2.31 bits per heavy atom. The SMILES string of the molecule is COc1ccc(C(=O)C(c2ccccc2NC(=O)Nc2cc(C(C)(C)C)nn2-c2ccc(C)cc2)C2CCNCC2)c(OC)c1. The van der Waals surface area contributed by atoms with Gasteiger partial charge in [0, 0.05) is 23.2 Å². The summed E-state index contributed by atoms with van der Waals surface area (Å²) in [5.74, 6) is 1.15. The van der Waals surface area contributed by atoms with Gasteiger partial charge in [0.2, 0.25) is 0 Å². The van der Waals surface area contributed by atoms with Crippen molar-refractivity contribution in [2.24, 2.45) is 5.92 Å². The zero-order valence-corrected chi connectivity index (χ0v) is 26.9. The smallest absolute Gasteiger partial charge is 0.324 e. The number of aromatic nitrogens is 2. The molecule has 1 unspecified atom stereocenters. The Bertz CT molecular complexity index is 1650. The Hall–Kier alpha value is -4.63. The molecule has 0 saturated carbocycles. The van der Waals surface area contributed by atoms with E-state index in [1.165, 1.54) is 0 Å². The summed E-state index contributed by atoms with van der Waals surface area (Å²) in [5, 5.41) is 14.3. The average molecular weight is 610 g/mol. The molecule has 236 valence electrons. The van der Waals surface area contributed by atoms with Gasteiger partial charge in [-0.3, -0.25) is 10.1 Å². The highest BCUT2D eigenvalue weighted by molar-refractivity contribution is 6.06. The summed E-state index contributed by atoms with van der Waals surface area (Å²) in [5.41, 5.74) is 4.44. The van der Waals surface area contributed by atoms with Gasteiger partial charge in [-0.15, -0.1) is 0 Å². The molecule has 0 aliphatic carbocycles. The van der Waals surface area contributed by atoms with Crippen molar-refractivity contribution in [2.75, 3.05) is 37.9 Å². The fourth-order valence-corrected chi connectivity index (χ4v) is 5.83. The number of nitrogens with zero attached hydrogens (tertiary/aromatic N) is 2. The van der Waals surface area contributed by atoms with E-state index in [2.05, 4.69) is 36.7 Å². The van der Waals surface area contributed by atoms with Crippen LogP contribution in [-0.4, -0.2) is 48.9 Å². The molecule has 1 saturated heterocycles. The molecule has 3 N–H and O–H groups in total. The third kappa shape index (κ3) is 7.20. The first-order chi connectivity index (χ1) is 21.6. The standard InChI is InChI=1S/C36H43N5O4/c1-23-11-13-25(14-12-23)41-32(22-31(40-41)36(2,3)4)39-35(43)38-29-10-8-7-9-27(29)33(24-17-19-37-20-18-24)34(42)28-16-15-26(44-5)21-30(28)45-6/h7-16,21-22,24,33,37H,17-20H2,1-6H3,(H2,38,39,43). The Morgan fingerprint density at radius 1 is 0.933 bits per heavy atom. The van der Waals surface area contributed by atoms with E-state index in [4.69, 9.17) is 14.6 Å². The van der Waals surface area contributed by atoms with E-state index in [1.807, 2.05) is 61.5 Å². The van der Waals surface area contributed by atoms with E-state index in [-0.39, 0.29) is 17.1 Å². The average Bonchev–Trinajstić information content (AvgIpc) is 3.46. The van der Waals surface area contributed by atoms with Crippen molar-refractivity contribution in [2.45, 2.75) is 51.9 Å². The van der Waals surface area contributed by atoms with Gasteiger partial charge in [0.05, 0.1) is 37.1 Å². The summed E-state index contributed by atoms with van der Waals surface area (Å²) in [6.45, 7) is 9.94. The number of piperidine rings is 1. The number of nitrogens with one attached hydrogen (secondary N) is 3. The largest absolute Gasteiger partial charge is 0.497 e. The Morgan fingerprint density at radius 2 is 1.64 bits per heavy atom. The number of anilines is 2. The van der Waals surface area contributed by atoms with Gasteiger partial charge in [-0.1, -0.05) is 56.7 Å². The number of hydrogen-bond donors (Lipinski definition) is 3. The van der Waals surface area contributed by atoms with E-state index < -0.39 is 11.9 Å². The minimum atomic E-state index is -0.489. The van der Waals surface area contributed by atoms with Crippen molar-refractivity contribution in [3.05, 3.63) is 95.2 Å². The first-order valence-corrected chi connectivity index (χ1v) is 15.4. The number of para-hydroxylation sites is 1. The second-order valence-corrected chi connectivity index (χ2v) is 12.6. The molecule has 2 amide bonds. The van der Waals surface area contributed by atoms with Crippen LogP contribution in [-0.2, 0) is 5.41 Å². The number of ether oxygens (including phenoxy) is 2. The highest BCUT2D eigenvalue weighted by Crippen LogP contribution is 2.40. The highest BCUT2D eigenvalue weighted by Gasteiger charge is 2.35. The first-order valence-electron chi connectivity index (χ1n) is 15.4. The van der Waals surface area contributed by atoms with Crippen molar-refractivity contribution in [3.63, 3.8) is 0 Å². The summed E-state index contributed by atoms with van der Waals surface area (Å²) >= 11 is 0. The zero-order chi connectivity index (χ0) is 32.1. The molecule has 45 heavy (non-hydrogen) atoms. The first kappa shape index (κ1) is 31.8. The summed E-state index contributed by atoms with van der Waals surface area (Å²) in [4.78, 5) is 28.0. The Kier molecular flexibility index (Phi) is 9.58. The molecule has 2 heterocycles. The molecule has 0 spiro atoms. The fraction of sp³-hybridized carbons (Fsp3) is 0.361. The molecule has 5 rings (SSSR count). The van der Waals surface area contributed by atoms with Crippen LogP contribution in [0, 0.1) is 12.8 Å². The monoisotopic (exact) mass is 609 g/mol. The lowest BCUT2D eigenvalue weighted by Crippen LogP contribution is -2.34. The number of hydrogen-bond acceptors (Lipinski definition) is 6. The van der Waals surface area contributed by atoms with Crippen molar-refractivity contribution in [1.82, 2.24) is 15.1 Å².